The summed E-state index contributed by atoms with van der Waals surface area (Å²) in [7, 11) is -3.67. The topological polar surface area (TPSA) is 78.2 Å². The molecule has 0 saturated heterocycles. The molecule has 0 aliphatic rings. The van der Waals surface area contributed by atoms with E-state index in [2.05, 4.69) is 12.2 Å². The third-order valence-corrected chi connectivity index (χ3v) is 0. The molecule has 0 aromatic heterocycles. The molecule has 4 nitrogen and oxygen atoms in total. The second-order valence-corrected chi connectivity index (χ2v) is 2.51. The van der Waals surface area contributed by atoms with Crippen LogP contribution in [0.3, 0.4) is 0 Å². The lowest BCUT2D eigenvalue weighted by Gasteiger charge is -1.69. The molecule has 0 aliphatic heterocycles. The van der Waals surface area contributed by atoms with Crippen LogP contribution in [0.5, 0.6) is 0 Å². The summed E-state index contributed by atoms with van der Waals surface area (Å²) in [6.45, 7) is 0. The highest BCUT2D eigenvalue weighted by Gasteiger charge is 1.81. The second kappa shape index (κ2) is 4.86. The van der Waals surface area contributed by atoms with Crippen LogP contribution in [0.4, 0.5) is 0 Å². The Kier molecular flexibility index (Phi) is 6.47. The van der Waals surface area contributed by atoms with Crippen LogP contribution in [0.2, 0.25) is 0 Å². The average Bonchev–Trinajstić information content (AvgIpc) is 1.27. The fourth-order valence-corrected chi connectivity index (χ4v) is 0. The van der Waals surface area contributed by atoms with Gasteiger partial charge in [-0.05, 0) is 12.2 Å². The van der Waals surface area contributed by atoms with Gasteiger partial charge in [-0.1, -0.05) is 0 Å². The van der Waals surface area contributed by atoms with Crippen molar-refractivity contribution in [2.75, 3.05) is 6.26 Å². The maximum Gasteiger partial charge on any atom is 0.261 e. The quantitative estimate of drug-likeness (QED) is 0.297. The third-order valence-electron chi connectivity index (χ3n) is 0. The molecule has 0 aromatic carbocycles. The minimum atomic E-state index is -3.67. The lowest BCUT2D eigenvalue weighted by Crippen LogP contribution is -1.88. The zero-order chi connectivity index (χ0) is 7.21. The molecule has 48 valence electrons. The van der Waals surface area contributed by atoms with Gasteiger partial charge >= 0.3 is 0 Å². The van der Waals surface area contributed by atoms with Crippen molar-refractivity contribution >= 4 is 27.5 Å². The van der Waals surface area contributed by atoms with E-state index in [-0.39, 0.29) is 0 Å². The Morgan fingerprint density at radius 3 is 1.75 bits per heavy atom. The van der Waals surface area contributed by atoms with Crippen molar-refractivity contribution in [2.24, 2.45) is 0 Å². The zero-order valence-electron chi connectivity index (χ0n) is 4.08. The number of rotatable bonds is 0. The van der Waals surface area contributed by atoms with E-state index < -0.39 is 10.1 Å². The summed E-state index contributed by atoms with van der Waals surface area (Å²) >= 11 is 3.81. The molecular formula is C2H5NO3S2. The van der Waals surface area contributed by atoms with E-state index in [1.54, 1.807) is 5.16 Å². The van der Waals surface area contributed by atoms with Crippen molar-refractivity contribution in [3.63, 3.8) is 0 Å². The van der Waals surface area contributed by atoms with E-state index in [1.165, 1.54) is 0 Å². The summed E-state index contributed by atoms with van der Waals surface area (Å²) < 4.78 is 25.9. The lowest BCUT2D eigenvalue weighted by molar-refractivity contribution is 0.490. The third kappa shape index (κ3) is 1510. The Balaban J connectivity index is 0. The van der Waals surface area contributed by atoms with Gasteiger partial charge in [0.25, 0.3) is 10.1 Å². The molecular weight excluding hydrogens is 150 g/mol. The highest BCUT2D eigenvalue weighted by atomic mass is 32.2. The van der Waals surface area contributed by atoms with E-state index in [4.69, 9.17) is 9.96 Å². The summed E-state index contributed by atoms with van der Waals surface area (Å²) in [6, 6.07) is 0. The molecule has 0 amide bonds. The average molecular weight is 155 g/mol. The van der Waals surface area contributed by atoms with Gasteiger partial charge in [-0.2, -0.15) is 8.42 Å². The van der Waals surface area contributed by atoms with Crippen LogP contribution in [-0.4, -0.2) is 24.4 Å². The highest BCUT2D eigenvalue weighted by molar-refractivity contribution is 7.85. The monoisotopic (exact) mass is 155 g/mol. The molecule has 0 heterocycles. The number of hydrogen-bond acceptors (Lipinski definition) is 4. The van der Waals surface area contributed by atoms with Crippen molar-refractivity contribution < 1.29 is 13.0 Å². The van der Waals surface area contributed by atoms with Gasteiger partial charge in [0.15, 0.2) is 0 Å². The summed E-state index contributed by atoms with van der Waals surface area (Å²) in [6.07, 6.45) is 0.715. The standard InChI is InChI=1S/CHNS.CH4O3S/c2-1-3;1-5(2,3)4/h2H;1H3,(H,2,3,4). The van der Waals surface area contributed by atoms with Crippen LogP contribution in [0, 0.1) is 5.41 Å². The summed E-state index contributed by atoms with van der Waals surface area (Å²) in [5.41, 5.74) is 0. The predicted molar refractivity (Wildman–Crippen MR) is 32.8 cm³/mol. The number of thiocarbonyl (C=S) groups is 1. The first-order valence-electron chi connectivity index (χ1n) is 1.38. The minimum absolute atomic E-state index is 0.715. The molecule has 2 N–H and O–H groups in total. The SMILES string of the molecule is CS(=O)(=O)O.N=C=S. The van der Waals surface area contributed by atoms with Crippen LogP contribution in [0.15, 0.2) is 0 Å². The molecule has 0 atom stereocenters. The first kappa shape index (κ1) is 10.6. The number of isothiocyanates is 1. The zero-order valence-corrected chi connectivity index (χ0v) is 5.71. The Labute approximate surface area is 52.8 Å². The predicted octanol–water partition coefficient (Wildman–Crippen LogP) is 0.172. The van der Waals surface area contributed by atoms with Gasteiger partial charge < -0.3 is 0 Å². The van der Waals surface area contributed by atoms with Crippen molar-refractivity contribution in [3.8, 4) is 0 Å². The second-order valence-electron chi connectivity index (χ2n) is 0.835. The van der Waals surface area contributed by atoms with E-state index in [9.17, 15) is 8.42 Å². The first-order valence-corrected chi connectivity index (χ1v) is 3.63. The Morgan fingerprint density at radius 1 is 1.75 bits per heavy atom. The van der Waals surface area contributed by atoms with Crippen LogP contribution in [-0.2, 0) is 10.1 Å². The minimum Gasteiger partial charge on any atom is -0.286 e. The van der Waals surface area contributed by atoms with Crippen LogP contribution < -0.4 is 0 Å². The maximum absolute atomic E-state index is 9.19. The Morgan fingerprint density at radius 2 is 1.75 bits per heavy atom. The summed E-state index contributed by atoms with van der Waals surface area (Å²) in [5.74, 6) is 0. The molecule has 0 aromatic rings. The van der Waals surface area contributed by atoms with Gasteiger partial charge in [0.1, 0.15) is 0 Å². The van der Waals surface area contributed by atoms with Gasteiger partial charge in [-0.15, -0.1) is 0 Å². The highest BCUT2D eigenvalue weighted by Crippen LogP contribution is 1.60. The summed E-state index contributed by atoms with van der Waals surface area (Å²) in [4.78, 5) is 0. The van der Waals surface area contributed by atoms with Crippen molar-refractivity contribution in [3.05, 3.63) is 0 Å². The molecule has 0 bridgehead atoms. The molecule has 0 fully saturated rings. The van der Waals surface area contributed by atoms with Gasteiger partial charge in [-0.25, -0.2) is 5.41 Å². The lowest BCUT2D eigenvalue weighted by atomic mass is 11.8. The van der Waals surface area contributed by atoms with Gasteiger partial charge in [0.2, 0.25) is 0 Å². The largest absolute Gasteiger partial charge is 0.286 e. The fourth-order valence-electron chi connectivity index (χ4n) is 0. The smallest absolute Gasteiger partial charge is 0.261 e. The van der Waals surface area contributed by atoms with E-state index in [0.717, 1.165) is 0 Å². The maximum atomic E-state index is 9.19. The van der Waals surface area contributed by atoms with Gasteiger partial charge in [0.05, 0.1) is 11.4 Å². The van der Waals surface area contributed by atoms with Gasteiger partial charge in [0, 0.05) is 0 Å². The van der Waals surface area contributed by atoms with E-state index in [0.29, 0.717) is 6.26 Å². The van der Waals surface area contributed by atoms with Crippen LogP contribution >= 0.6 is 12.2 Å². The van der Waals surface area contributed by atoms with Crippen molar-refractivity contribution in [1.82, 2.24) is 0 Å². The van der Waals surface area contributed by atoms with Gasteiger partial charge in [-0.3, -0.25) is 4.55 Å². The number of hydrogen-bond donors (Lipinski definition) is 2. The number of nitrogens with one attached hydrogen (secondary N) is 1. The molecule has 0 radical (unpaired) electrons. The molecule has 0 saturated carbocycles. The first-order chi connectivity index (χ1) is 3.41. The Bertz CT molecular complexity index is 156. The van der Waals surface area contributed by atoms with Crippen molar-refractivity contribution in [1.29, 1.82) is 5.41 Å². The molecule has 6 heteroatoms. The molecule has 0 spiro atoms. The van der Waals surface area contributed by atoms with Crippen LogP contribution in [0.1, 0.15) is 0 Å². The van der Waals surface area contributed by atoms with E-state index in [1.807, 2.05) is 0 Å². The normalized spacial score (nSPS) is 8.25. The molecule has 0 unspecified atom stereocenters. The van der Waals surface area contributed by atoms with Crippen molar-refractivity contribution in [2.45, 2.75) is 0 Å². The molecule has 0 aliphatic carbocycles. The van der Waals surface area contributed by atoms with Crippen LogP contribution in [0.25, 0.3) is 0 Å². The van der Waals surface area contributed by atoms with E-state index >= 15 is 0 Å². The Hall–Kier alpha value is -0.290. The summed E-state index contributed by atoms with van der Waals surface area (Å²) in [5, 5.41) is 7.36. The fraction of sp³-hybridized carbons (Fsp3) is 0.500. The molecule has 0 rings (SSSR count). The molecule has 8 heavy (non-hydrogen) atoms.